The summed E-state index contributed by atoms with van der Waals surface area (Å²) in [5.74, 6) is 0.812. The lowest BCUT2D eigenvalue weighted by Gasteiger charge is -1.94. The topological polar surface area (TPSA) is 66.0 Å². The van der Waals surface area contributed by atoms with E-state index in [9.17, 15) is 0 Å². The number of aliphatic hydroxyl groups excluding tert-OH is 1. The minimum absolute atomic E-state index is 0.00562. The highest BCUT2D eigenvalue weighted by Crippen LogP contribution is 2.17. The van der Waals surface area contributed by atoms with E-state index in [1.807, 2.05) is 37.3 Å². The van der Waals surface area contributed by atoms with Gasteiger partial charge in [-0.2, -0.15) is 0 Å². The Kier molecular flexibility index (Phi) is 5.10. The number of rotatable bonds is 2. The monoisotopic (exact) mass is 231 g/mol. The van der Waals surface area contributed by atoms with Crippen molar-refractivity contribution in [3.63, 3.8) is 0 Å². The summed E-state index contributed by atoms with van der Waals surface area (Å²) in [4.78, 5) is 16.1. The second-order valence-corrected chi connectivity index (χ2v) is 3.38. The Morgan fingerprint density at radius 3 is 2.41 bits per heavy atom. The lowest BCUT2D eigenvalue weighted by Crippen LogP contribution is -1.85. The van der Waals surface area contributed by atoms with E-state index in [0.29, 0.717) is 0 Å². The highest BCUT2D eigenvalue weighted by atomic mass is 16.3. The Hall–Kier alpha value is -1.94. The summed E-state index contributed by atoms with van der Waals surface area (Å²) in [7, 11) is 0. The maximum atomic E-state index is 9.01. The van der Waals surface area contributed by atoms with Gasteiger partial charge in [0.1, 0.15) is 5.82 Å². The van der Waals surface area contributed by atoms with Crippen LogP contribution in [0.1, 0.15) is 18.3 Å². The first-order valence-electron chi connectivity index (χ1n) is 5.23. The molecule has 2 rings (SSSR count). The number of aromatic amines is 1. The molecule has 2 N–H and O–H groups in total. The van der Waals surface area contributed by atoms with E-state index in [2.05, 4.69) is 9.97 Å². The van der Waals surface area contributed by atoms with Crippen LogP contribution in [-0.4, -0.2) is 21.4 Å². The second kappa shape index (κ2) is 6.60. The van der Waals surface area contributed by atoms with E-state index < -0.39 is 0 Å². The van der Waals surface area contributed by atoms with Crippen molar-refractivity contribution in [2.45, 2.75) is 20.5 Å². The molecule has 4 heteroatoms. The maximum absolute atomic E-state index is 9.01. The first kappa shape index (κ1) is 13.1. The van der Waals surface area contributed by atoms with Crippen LogP contribution in [0.5, 0.6) is 0 Å². The number of aryl methyl sites for hydroxylation is 1. The van der Waals surface area contributed by atoms with Crippen LogP contribution >= 0.6 is 0 Å². The zero-order valence-corrected chi connectivity index (χ0v) is 9.90. The average Bonchev–Trinajstić information content (AvgIpc) is 2.73. The summed E-state index contributed by atoms with van der Waals surface area (Å²) in [6.45, 7) is 3.21. The van der Waals surface area contributed by atoms with E-state index in [1.165, 1.54) is 13.2 Å². The molecule has 1 aromatic heterocycles. The van der Waals surface area contributed by atoms with Gasteiger partial charge in [-0.25, -0.2) is 4.98 Å². The predicted octanol–water partition coefficient (Wildman–Crippen LogP) is 1.99. The van der Waals surface area contributed by atoms with Crippen molar-refractivity contribution in [1.29, 1.82) is 0 Å². The van der Waals surface area contributed by atoms with Crippen molar-refractivity contribution in [2.24, 2.45) is 0 Å². The minimum atomic E-state index is 0.00562. The lowest BCUT2D eigenvalue weighted by atomic mass is 10.2. The first-order valence-corrected chi connectivity index (χ1v) is 5.23. The molecule has 4 nitrogen and oxygen atoms in total. The molecule has 0 aliphatic carbocycles. The van der Waals surface area contributed by atoms with Gasteiger partial charge in [-0.15, -0.1) is 0 Å². The van der Waals surface area contributed by atoms with Crippen LogP contribution in [0.4, 0.5) is 0 Å². The Morgan fingerprint density at radius 2 is 1.94 bits per heavy atom. The fourth-order valence-electron chi connectivity index (χ4n) is 1.38. The third-order valence-electron chi connectivity index (χ3n) is 2.19. The molecule has 0 unspecified atom stereocenters. The number of nitrogens with zero attached hydrogens (tertiary/aromatic N) is 1. The number of carbonyl (C=O) groups excluding carboxylic acids is 1. The summed E-state index contributed by atoms with van der Waals surface area (Å²) >= 11 is 0. The van der Waals surface area contributed by atoms with Crippen LogP contribution in [0.3, 0.4) is 0 Å². The third kappa shape index (κ3) is 3.53. The molecule has 0 saturated heterocycles. The average molecular weight is 231 g/mol. The Labute approximate surface area is 100 Å². The predicted molar refractivity (Wildman–Crippen MR) is 66.1 cm³/mol. The Bertz CT molecular complexity index is 464. The quantitative estimate of drug-likeness (QED) is 0.830. The molecule has 1 heterocycles. The van der Waals surface area contributed by atoms with E-state index >= 15 is 0 Å². The van der Waals surface area contributed by atoms with Gasteiger partial charge in [-0.1, -0.05) is 30.3 Å². The molecule has 1 radical (unpaired) electrons. The number of aliphatic hydroxyl groups is 1. The van der Waals surface area contributed by atoms with E-state index in [1.54, 1.807) is 0 Å². The molecule has 0 fully saturated rings. The lowest BCUT2D eigenvalue weighted by molar-refractivity contribution is 0.276. The third-order valence-corrected chi connectivity index (χ3v) is 2.19. The van der Waals surface area contributed by atoms with E-state index in [4.69, 9.17) is 9.90 Å². The smallest absolute Gasteiger partial charge is 0.195 e. The van der Waals surface area contributed by atoms with Crippen LogP contribution in [0, 0.1) is 6.92 Å². The highest BCUT2D eigenvalue weighted by molar-refractivity contribution is 5.55. The molecule has 0 spiro atoms. The van der Waals surface area contributed by atoms with Gasteiger partial charge in [0.15, 0.2) is 6.29 Å². The highest BCUT2D eigenvalue weighted by Gasteiger charge is 2.05. The minimum Gasteiger partial charge on any atom is -0.390 e. The summed E-state index contributed by atoms with van der Waals surface area (Å²) in [5, 5.41) is 9.01. The van der Waals surface area contributed by atoms with Gasteiger partial charge in [0.2, 0.25) is 0 Å². The molecular formula is C13H15N2O2. The van der Waals surface area contributed by atoms with Crippen LogP contribution in [-0.2, 0) is 11.4 Å². The number of benzene rings is 1. The number of H-pyrrole nitrogens is 1. The van der Waals surface area contributed by atoms with Crippen molar-refractivity contribution in [3.05, 3.63) is 41.7 Å². The normalized spacial score (nSPS) is 9.35. The molecule has 0 saturated carbocycles. The molecule has 17 heavy (non-hydrogen) atoms. The van der Waals surface area contributed by atoms with Gasteiger partial charge < -0.3 is 10.1 Å². The zero-order valence-electron chi connectivity index (χ0n) is 9.90. The van der Waals surface area contributed by atoms with Crippen molar-refractivity contribution >= 4 is 6.29 Å². The molecule has 2 aromatic rings. The molecule has 0 aliphatic heterocycles. The van der Waals surface area contributed by atoms with Gasteiger partial charge in [0.25, 0.3) is 0 Å². The van der Waals surface area contributed by atoms with Gasteiger partial charge in [-0.3, -0.25) is 4.79 Å². The molecule has 0 amide bonds. The van der Waals surface area contributed by atoms with Crippen LogP contribution < -0.4 is 0 Å². The number of aromatic nitrogens is 2. The molecule has 0 aliphatic rings. The summed E-state index contributed by atoms with van der Waals surface area (Å²) in [6, 6.07) is 9.86. The summed E-state index contributed by atoms with van der Waals surface area (Å²) in [6.07, 6.45) is 1.50. The SMILES string of the molecule is C[C]=O.Cc1nc(-c2ccccc2)[nH]c1CO. The Balaban J connectivity index is 0.000000437. The molecular weight excluding hydrogens is 216 g/mol. The van der Waals surface area contributed by atoms with Crippen molar-refractivity contribution < 1.29 is 9.90 Å². The fraction of sp³-hybridized carbons (Fsp3) is 0.231. The standard InChI is InChI=1S/C11H12N2O.C2H3O/c1-8-10(7-14)13-11(12-8)9-5-3-2-4-6-9;1-2-3/h2-6,14H,7H2,1H3,(H,12,13);1H3. The molecule has 89 valence electrons. The van der Waals surface area contributed by atoms with Crippen LogP contribution in [0.15, 0.2) is 30.3 Å². The van der Waals surface area contributed by atoms with Crippen LogP contribution in [0.25, 0.3) is 11.4 Å². The van der Waals surface area contributed by atoms with Gasteiger partial charge in [0.05, 0.1) is 18.0 Å². The van der Waals surface area contributed by atoms with Gasteiger partial charge in [-0.05, 0) is 6.92 Å². The van der Waals surface area contributed by atoms with Crippen molar-refractivity contribution in [1.82, 2.24) is 9.97 Å². The maximum Gasteiger partial charge on any atom is 0.195 e. The van der Waals surface area contributed by atoms with Gasteiger partial charge >= 0.3 is 0 Å². The number of hydrogen-bond acceptors (Lipinski definition) is 3. The summed E-state index contributed by atoms with van der Waals surface area (Å²) < 4.78 is 0. The number of nitrogens with one attached hydrogen (secondary N) is 1. The molecule has 1 aromatic carbocycles. The van der Waals surface area contributed by atoms with Gasteiger partial charge in [0, 0.05) is 12.5 Å². The number of hydrogen-bond donors (Lipinski definition) is 2. The summed E-state index contributed by atoms with van der Waals surface area (Å²) in [5.41, 5.74) is 2.67. The molecule has 0 bridgehead atoms. The molecule has 0 atom stereocenters. The van der Waals surface area contributed by atoms with Crippen molar-refractivity contribution in [2.75, 3.05) is 0 Å². The van der Waals surface area contributed by atoms with E-state index in [0.717, 1.165) is 22.8 Å². The van der Waals surface area contributed by atoms with E-state index in [-0.39, 0.29) is 6.61 Å². The van der Waals surface area contributed by atoms with Crippen molar-refractivity contribution in [3.8, 4) is 11.4 Å². The second-order valence-electron chi connectivity index (χ2n) is 3.38. The first-order chi connectivity index (χ1) is 8.22. The Morgan fingerprint density at radius 1 is 1.35 bits per heavy atom. The fourth-order valence-corrected chi connectivity index (χ4v) is 1.38. The van der Waals surface area contributed by atoms with Crippen LogP contribution in [0.2, 0.25) is 0 Å². The zero-order chi connectivity index (χ0) is 12.7. The largest absolute Gasteiger partial charge is 0.390 e. The number of imidazole rings is 1.